The summed E-state index contributed by atoms with van der Waals surface area (Å²) >= 11 is 1.24. The van der Waals surface area contributed by atoms with E-state index < -0.39 is 0 Å². The van der Waals surface area contributed by atoms with Crippen molar-refractivity contribution in [1.82, 2.24) is 19.0 Å². The summed E-state index contributed by atoms with van der Waals surface area (Å²) in [6.07, 6.45) is 6.63. The van der Waals surface area contributed by atoms with E-state index in [-0.39, 0.29) is 6.04 Å². The van der Waals surface area contributed by atoms with Gasteiger partial charge in [0.1, 0.15) is 0 Å². The van der Waals surface area contributed by atoms with Crippen LogP contribution in [0.2, 0.25) is 0 Å². The van der Waals surface area contributed by atoms with Crippen molar-refractivity contribution in [3.63, 3.8) is 0 Å². The van der Waals surface area contributed by atoms with E-state index in [0.29, 0.717) is 0 Å². The van der Waals surface area contributed by atoms with Crippen LogP contribution in [0.15, 0.2) is 24.7 Å². The molecule has 2 rings (SSSR count). The minimum atomic E-state index is 0.0994. The summed E-state index contributed by atoms with van der Waals surface area (Å²) in [5, 5.41) is 3.49. The quantitative estimate of drug-likeness (QED) is 0.882. The van der Waals surface area contributed by atoms with Gasteiger partial charge in [0.05, 0.1) is 29.7 Å². The van der Waals surface area contributed by atoms with Crippen LogP contribution in [0, 0.1) is 6.92 Å². The lowest BCUT2D eigenvalue weighted by molar-refractivity contribution is 0.586. The monoisotopic (exact) mass is 248 g/mol. The van der Waals surface area contributed by atoms with Gasteiger partial charge in [-0.15, -0.1) is 0 Å². The summed E-state index contributed by atoms with van der Waals surface area (Å²) in [7, 11) is 0. The smallest absolute Gasteiger partial charge is 0.0958 e. The fourth-order valence-electron chi connectivity index (χ4n) is 1.74. The topological polar surface area (TPSA) is 50.7 Å². The Morgan fingerprint density at radius 1 is 1.41 bits per heavy atom. The van der Waals surface area contributed by atoms with Crippen LogP contribution in [0.5, 0.6) is 0 Å². The van der Waals surface area contributed by atoms with Crippen molar-refractivity contribution in [2.45, 2.75) is 26.3 Å². The van der Waals surface area contributed by atoms with Crippen LogP contribution in [0.1, 0.15) is 36.2 Å². The molecule has 0 saturated heterocycles. The van der Waals surface area contributed by atoms with E-state index in [9.17, 15) is 0 Å². The molecule has 0 bridgehead atoms. The second-order valence-electron chi connectivity index (χ2n) is 3.95. The summed E-state index contributed by atoms with van der Waals surface area (Å²) in [6, 6.07) is 2.12. The number of hydrogen-bond donors (Lipinski definition) is 1. The molecular weight excluding hydrogens is 232 g/mol. The maximum Gasteiger partial charge on any atom is 0.0958 e. The van der Waals surface area contributed by atoms with Gasteiger partial charge in [-0.3, -0.25) is 4.98 Å². The van der Waals surface area contributed by atoms with Gasteiger partial charge < -0.3 is 5.32 Å². The normalized spacial score (nSPS) is 12.6. The second kappa shape index (κ2) is 5.84. The number of aromatic nitrogens is 3. The van der Waals surface area contributed by atoms with E-state index >= 15 is 0 Å². The van der Waals surface area contributed by atoms with Crippen molar-refractivity contribution >= 4 is 11.7 Å². The van der Waals surface area contributed by atoms with Crippen LogP contribution in [-0.2, 0) is 0 Å². The lowest BCUT2D eigenvalue weighted by Crippen LogP contribution is -2.24. The zero-order valence-electron chi connectivity index (χ0n) is 10.1. The predicted molar refractivity (Wildman–Crippen MR) is 69.0 cm³/mol. The third-order valence-corrected chi connectivity index (χ3v) is 3.16. The molecule has 0 spiro atoms. The molecule has 0 aromatic carbocycles. The van der Waals surface area contributed by atoms with Gasteiger partial charge in [0.2, 0.25) is 0 Å². The minimum Gasteiger partial charge on any atom is -0.305 e. The highest BCUT2D eigenvalue weighted by molar-refractivity contribution is 6.99. The third kappa shape index (κ3) is 2.87. The van der Waals surface area contributed by atoms with Crippen LogP contribution >= 0.6 is 11.7 Å². The fourth-order valence-corrected chi connectivity index (χ4v) is 2.19. The zero-order chi connectivity index (χ0) is 12.1. The molecule has 0 radical (unpaired) electrons. The minimum absolute atomic E-state index is 0.0994. The van der Waals surface area contributed by atoms with E-state index in [1.165, 1.54) is 22.9 Å². The Hall–Kier alpha value is -1.33. The van der Waals surface area contributed by atoms with Crippen molar-refractivity contribution in [3.05, 3.63) is 41.5 Å². The predicted octanol–water partition coefficient (Wildman–Crippen LogP) is 2.33. The average Bonchev–Trinajstić information content (AvgIpc) is 2.85. The second-order valence-corrected chi connectivity index (χ2v) is 4.51. The van der Waals surface area contributed by atoms with Crippen LogP contribution in [0.4, 0.5) is 0 Å². The Bertz CT molecular complexity index is 455. The van der Waals surface area contributed by atoms with Gasteiger partial charge in [-0.1, -0.05) is 6.92 Å². The number of pyridine rings is 1. The number of nitrogens with one attached hydrogen (secondary N) is 1. The van der Waals surface area contributed by atoms with Crippen LogP contribution in [0.3, 0.4) is 0 Å². The molecule has 2 heterocycles. The number of rotatable bonds is 5. The van der Waals surface area contributed by atoms with Gasteiger partial charge in [-0.2, -0.15) is 8.75 Å². The standard InChI is InChI=1S/C12H16N4S/c1-3-5-14-12(11-8-15-17-16-11)10-7-13-6-4-9(10)2/h4,6-8,12,14H,3,5H2,1-2H3. The highest BCUT2D eigenvalue weighted by Gasteiger charge is 2.17. The maximum absolute atomic E-state index is 4.33. The molecule has 0 fully saturated rings. The molecular formula is C12H16N4S. The highest BCUT2D eigenvalue weighted by atomic mass is 32.1. The van der Waals surface area contributed by atoms with Crippen molar-refractivity contribution in [1.29, 1.82) is 0 Å². The Morgan fingerprint density at radius 3 is 2.94 bits per heavy atom. The molecule has 0 aliphatic rings. The summed E-state index contributed by atoms with van der Waals surface area (Å²) < 4.78 is 8.40. The largest absolute Gasteiger partial charge is 0.305 e. The molecule has 90 valence electrons. The van der Waals surface area contributed by atoms with Gasteiger partial charge >= 0.3 is 0 Å². The summed E-state index contributed by atoms with van der Waals surface area (Å²) in [5.74, 6) is 0. The molecule has 0 aliphatic carbocycles. The van der Waals surface area contributed by atoms with Gasteiger partial charge in [0.25, 0.3) is 0 Å². The average molecular weight is 248 g/mol. The molecule has 0 saturated carbocycles. The Labute approximate surface area is 105 Å². The molecule has 2 aromatic rings. The Kier molecular flexibility index (Phi) is 4.17. The lowest BCUT2D eigenvalue weighted by atomic mass is 10.0. The molecule has 1 atom stereocenters. The van der Waals surface area contributed by atoms with Crippen LogP contribution in [-0.4, -0.2) is 20.3 Å². The first-order valence-electron chi connectivity index (χ1n) is 5.74. The molecule has 0 aliphatic heterocycles. The molecule has 5 heteroatoms. The number of nitrogens with zero attached hydrogens (tertiary/aromatic N) is 3. The first-order chi connectivity index (χ1) is 8.33. The fraction of sp³-hybridized carbons (Fsp3) is 0.417. The van der Waals surface area contributed by atoms with Gasteiger partial charge in [-0.25, -0.2) is 0 Å². The van der Waals surface area contributed by atoms with Gasteiger partial charge in [0.15, 0.2) is 0 Å². The SMILES string of the molecule is CCCNC(c1cnsn1)c1cnccc1C. The maximum atomic E-state index is 4.33. The van der Waals surface area contributed by atoms with Crippen molar-refractivity contribution in [3.8, 4) is 0 Å². The third-order valence-electron chi connectivity index (χ3n) is 2.66. The molecule has 4 nitrogen and oxygen atoms in total. The van der Waals surface area contributed by atoms with E-state index in [1.54, 1.807) is 0 Å². The number of aryl methyl sites for hydroxylation is 1. The van der Waals surface area contributed by atoms with E-state index in [0.717, 1.165) is 18.7 Å². The van der Waals surface area contributed by atoms with Gasteiger partial charge in [-0.05, 0) is 37.1 Å². The van der Waals surface area contributed by atoms with E-state index in [2.05, 4.69) is 32.9 Å². The zero-order valence-corrected chi connectivity index (χ0v) is 10.9. The lowest BCUT2D eigenvalue weighted by Gasteiger charge is -2.18. The molecule has 1 N–H and O–H groups in total. The number of hydrogen-bond acceptors (Lipinski definition) is 5. The van der Waals surface area contributed by atoms with Crippen molar-refractivity contribution < 1.29 is 0 Å². The van der Waals surface area contributed by atoms with Crippen LogP contribution in [0.25, 0.3) is 0 Å². The molecule has 0 amide bonds. The summed E-state index contributed by atoms with van der Waals surface area (Å²) in [4.78, 5) is 4.20. The Morgan fingerprint density at radius 2 is 2.29 bits per heavy atom. The first kappa shape index (κ1) is 12.1. The van der Waals surface area contributed by atoms with E-state index in [4.69, 9.17) is 0 Å². The van der Waals surface area contributed by atoms with Crippen molar-refractivity contribution in [2.24, 2.45) is 0 Å². The molecule has 17 heavy (non-hydrogen) atoms. The van der Waals surface area contributed by atoms with Crippen molar-refractivity contribution in [2.75, 3.05) is 6.54 Å². The summed E-state index contributed by atoms with van der Waals surface area (Å²) in [5.41, 5.74) is 3.37. The van der Waals surface area contributed by atoms with E-state index in [1.807, 2.05) is 24.7 Å². The van der Waals surface area contributed by atoms with Crippen LogP contribution < -0.4 is 5.32 Å². The molecule has 2 aromatic heterocycles. The highest BCUT2D eigenvalue weighted by Crippen LogP contribution is 2.22. The summed E-state index contributed by atoms with van der Waals surface area (Å²) in [6.45, 7) is 5.20. The first-order valence-corrected chi connectivity index (χ1v) is 6.47. The Balaban J connectivity index is 2.30. The molecule has 1 unspecified atom stereocenters. The van der Waals surface area contributed by atoms with Gasteiger partial charge in [0, 0.05) is 12.4 Å².